The van der Waals surface area contributed by atoms with Crippen molar-refractivity contribution in [2.75, 3.05) is 26.3 Å². The molecule has 3 aliphatic rings. The van der Waals surface area contributed by atoms with Crippen molar-refractivity contribution in [1.82, 2.24) is 15.1 Å². The summed E-state index contributed by atoms with van der Waals surface area (Å²) in [6.45, 7) is 4.42. The molecule has 0 aromatic heterocycles. The van der Waals surface area contributed by atoms with E-state index in [2.05, 4.69) is 11.4 Å². The van der Waals surface area contributed by atoms with Gasteiger partial charge in [0.15, 0.2) is 0 Å². The summed E-state index contributed by atoms with van der Waals surface area (Å²) in [7, 11) is 0. The summed E-state index contributed by atoms with van der Waals surface area (Å²) < 4.78 is 5.33. The number of rotatable bonds is 4. The number of nitrogens with zero attached hydrogens (tertiary/aromatic N) is 2. The number of hydrogen-bond acceptors (Lipinski definition) is 4. The van der Waals surface area contributed by atoms with Gasteiger partial charge in [-0.25, -0.2) is 4.79 Å². The molecule has 1 unspecified atom stereocenters. The second-order valence-corrected chi connectivity index (χ2v) is 7.87. The highest BCUT2D eigenvalue weighted by Gasteiger charge is 2.52. The van der Waals surface area contributed by atoms with Gasteiger partial charge in [-0.3, -0.25) is 14.5 Å². The van der Waals surface area contributed by atoms with Gasteiger partial charge < -0.3 is 15.0 Å². The Labute approximate surface area is 158 Å². The summed E-state index contributed by atoms with van der Waals surface area (Å²) in [5.41, 5.74) is 1.45. The van der Waals surface area contributed by atoms with Crippen LogP contribution in [0.1, 0.15) is 30.4 Å². The molecule has 3 saturated heterocycles. The molecule has 7 heteroatoms. The van der Waals surface area contributed by atoms with Crippen molar-refractivity contribution in [2.24, 2.45) is 5.92 Å². The SMILES string of the molecule is Cc1cccc(CN2CC(CN3C(=O)NC4(CCOCC4)C3=O)CC2=O)c1. The van der Waals surface area contributed by atoms with E-state index in [-0.39, 0.29) is 23.8 Å². The first-order chi connectivity index (χ1) is 13.0. The molecule has 1 atom stereocenters. The van der Waals surface area contributed by atoms with Crippen molar-refractivity contribution in [1.29, 1.82) is 0 Å². The van der Waals surface area contributed by atoms with Gasteiger partial charge in [-0.05, 0) is 12.5 Å². The molecule has 0 aliphatic carbocycles. The van der Waals surface area contributed by atoms with Gasteiger partial charge in [-0.15, -0.1) is 0 Å². The minimum Gasteiger partial charge on any atom is -0.381 e. The Kier molecular flexibility index (Phi) is 4.63. The average Bonchev–Trinajstić information content (AvgIpc) is 3.08. The number of carbonyl (C=O) groups excluding carboxylic acids is 3. The zero-order valence-electron chi connectivity index (χ0n) is 15.6. The zero-order valence-corrected chi connectivity index (χ0v) is 15.6. The fourth-order valence-electron chi connectivity index (χ4n) is 4.32. The van der Waals surface area contributed by atoms with E-state index < -0.39 is 5.54 Å². The zero-order chi connectivity index (χ0) is 19.0. The average molecular weight is 371 g/mol. The molecule has 3 aliphatic heterocycles. The van der Waals surface area contributed by atoms with Crippen molar-refractivity contribution >= 4 is 17.8 Å². The Bertz CT molecular complexity index is 772. The molecule has 4 rings (SSSR count). The molecule has 1 N–H and O–H groups in total. The Morgan fingerprint density at radius 2 is 2.00 bits per heavy atom. The number of hydrogen-bond donors (Lipinski definition) is 1. The monoisotopic (exact) mass is 371 g/mol. The van der Waals surface area contributed by atoms with Gasteiger partial charge in [0.05, 0.1) is 0 Å². The Morgan fingerprint density at radius 3 is 2.74 bits per heavy atom. The first kappa shape index (κ1) is 18.0. The van der Waals surface area contributed by atoms with Gasteiger partial charge in [0.2, 0.25) is 5.91 Å². The fourth-order valence-corrected chi connectivity index (χ4v) is 4.32. The summed E-state index contributed by atoms with van der Waals surface area (Å²) in [4.78, 5) is 40.8. The third-order valence-corrected chi connectivity index (χ3v) is 5.78. The first-order valence-electron chi connectivity index (χ1n) is 9.52. The Balaban J connectivity index is 1.39. The third-order valence-electron chi connectivity index (χ3n) is 5.78. The maximum Gasteiger partial charge on any atom is 0.325 e. The van der Waals surface area contributed by atoms with Crippen LogP contribution in [0.3, 0.4) is 0 Å². The number of benzene rings is 1. The fraction of sp³-hybridized carbons (Fsp3) is 0.550. The second-order valence-electron chi connectivity index (χ2n) is 7.87. The van der Waals surface area contributed by atoms with E-state index in [4.69, 9.17) is 4.74 Å². The van der Waals surface area contributed by atoms with E-state index in [0.29, 0.717) is 52.1 Å². The number of likely N-dealkylation sites (tertiary alicyclic amines) is 1. The maximum absolute atomic E-state index is 12.9. The number of ether oxygens (including phenoxy) is 1. The quantitative estimate of drug-likeness (QED) is 0.813. The molecule has 1 spiro atoms. The van der Waals surface area contributed by atoms with Crippen molar-refractivity contribution in [3.05, 3.63) is 35.4 Å². The van der Waals surface area contributed by atoms with E-state index in [1.807, 2.05) is 30.0 Å². The van der Waals surface area contributed by atoms with Crippen molar-refractivity contribution in [3.63, 3.8) is 0 Å². The van der Waals surface area contributed by atoms with Crippen LogP contribution in [0, 0.1) is 12.8 Å². The minimum atomic E-state index is -0.806. The van der Waals surface area contributed by atoms with Crippen LogP contribution in [-0.4, -0.2) is 59.5 Å². The van der Waals surface area contributed by atoms with Gasteiger partial charge >= 0.3 is 6.03 Å². The summed E-state index contributed by atoms with van der Waals surface area (Å²) in [6.07, 6.45) is 1.40. The van der Waals surface area contributed by atoms with Crippen LogP contribution in [0.15, 0.2) is 24.3 Å². The van der Waals surface area contributed by atoms with Gasteiger partial charge in [-0.2, -0.15) is 0 Å². The molecule has 3 heterocycles. The lowest BCUT2D eigenvalue weighted by molar-refractivity contribution is -0.135. The molecule has 0 saturated carbocycles. The van der Waals surface area contributed by atoms with Crippen LogP contribution in [0.2, 0.25) is 0 Å². The largest absolute Gasteiger partial charge is 0.381 e. The summed E-state index contributed by atoms with van der Waals surface area (Å²) >= 11 is 0. The first-order valence-corrected chi connectivity index (χ1v) is 9.52. The molecular formula is C20H25N3O4. The van der Waals surface area contributed by atoms with Crippen LogP contribution >= 0.6 is 0 Å². The summed E-state index contributed by atoms with van der Waals surface area (Å²) in [5, 5.41) is 2.87. The lowest BCUT2D eigenvalue weighted by Crippen LogP contribution is -2.51. The molecule has 1 aromatic carbocycles. The van der Waals surface area contributed by atoms with Crippen LogP contribution in [0.5, 0.6) is 0 Å². The molecular weight excluding hydrogens is 346 g/mol. The topological polar surface area (TPSA) is 79.0 Å². The van der Waals surface area contributed by atoms with E-state index in [1.165, 1.54) is 4.90 Å². The molecule has 3 fully saturated rings. The highest BCUT2D eigenvalue weighted by atomic mass is 16.5. The van der Waals surface area contributed by atoms with E-state index in [0.717, 1.165) is 11.1 Å². The molecule has 144 valence electrons. The molecule has 4 amide bonds. The highest BCUT2D eigenvalue weighted by molar-refractivity contribution is 6.07. The maximum atomic E-state index is 12.9. The van der Waals surface area contributed by atoms with Crippen molar-refractivity contribution in [3.8, 4) is 0 Å². The summed E-state index contributed by atoms with van der Waals surface area (Å²) in [5.74, 6) is -0.110. The predicted molar refractivity (Wildman–Crippen MR) is 97.7 cm³/mol. The minimum absolute atomic E-state index is 0.0213. The van der Waals surface area contributed by atoms with Crippen LogP contribution < -0.4 is 5.32 Å². The van der Waals surface area contributed by atoms with E-state index in [9.17, 15) is 14.4 Å². The number of imide groups is 1. The number of nitrogens with one attached hydrogen (secondary N) is 1. The molecule has 7 nitrogen and oxygen atoms in total. The van der Waals surface area contributed by atoms with Gasteiger partial charge in [0.25, 0.3) is 5.91 Å². The van der Waals surface area contributed by atoms with Crippen LogP contribution in [0.25, 0.3) is 0 Å². The van der Waals surface area contributed by atoms with Gasteiger partial charge in [0.1, 0.15) is 5.54 Å². The van der Waals surface area contributed by atoms with Crippen LogP contribution in [-0.2, 0) is 20.9 Å². The number of amides is 4. The van der Waals surface area contributed by atoms with Crippen LogP contribution in [0.4, 0.5) is 4.79 Å². The van der Waals surface area contributed by atoms with Gasteiger partial charge in [0, 0.05) is 58.0 Å². The molecule has 0 radical (unpaired) electrons. The smallest absolute Gasteiger partial charge is 0.325 e. The van der Waals surface area contributed by atoms with E-state index in [1.54, 1.807) is 0 Å². The van der Waals surface area contributed by atoms with Crippen molar-refractivity contribution < 1.29 is 19.1 Å². The predicted octanol–water partition coefficient (Wildman–Crippen LogP) is 1.44. The number of aryl methyl sites for hydroxylation is 1. The normalized spacial score (nSPS) is 24.8. The second kappa shape index (κ2) is 6.96. The lowest BCUT2D eigenvalue weighted by Gasteiger charge is -2.30. The number of urea groups is 1. The third kappa shape index (κ3) is 3.43. The lowest BCUT2D eigenvalue weighted by atomic mass is 9.90. The molecule has 1 aromatic rings. The number of carbonyl (C=O) groups is 3. The Hall–Kier alpha value is -2.41. The molecule has 0 bridgehead atoms. The summed E-state index contributed by atoms with van der Waals surface area (Å²) in [6, 6.07) is 7.77. The Morgan fingerprint density at radius 1 is 1.22 bits per heavy atom. The van der Waals surface area contributed by atoms with Crippen molar-refractivity contribution in [2.45, 2.75) is 38.3 Å². The standard InChI is InChI=1S/C20H25N3O4/c1-14-3-2-4-15(9-14)11-22-12-16(10-17(22)24)13-23-18(25)20(21-19(23)26)5-7-27-8-6-20/h2-4,9,16H,5-8,10-13H2,1H3,(H,21,26). The molecule has 27 heavy (non-hydrogen) atoms. The highest BCUT2D eigenvalue weighted by Crippen LogP contribution is 2.30. The van der Waals surface area contributed by atoms with E-state index >= 15 is 0 Å². The van der Waals surface area contributed by atoms with Gasteiger partial charge in [-0.1, -0.05) is 29.8 Å².